The zero-order valence-electron chi connectivity index (χ0n) is 16.2. The van der Waals surface area contributed by atoms with Crippen LogP contribution in [-0.2, 0) is 4.79 Å². The number of carboxylic acid groups (broad SMARTS) is 1. The quantitative estimate of drug-likeness (QED) is 0.194. The van der Waals surface area contributed by atoms with Crippen LogP contribution in [0.15, 0.2) is 12.2 Å². The Morgan fingerprint density at radius 1 is 0.625 bits per heavy atom. The van der Waals surface area contributed by atoms with E-state index in [0.29, 0.717) is 6.42 Å². The van der Waals surface area contributed by atoms with Crippen molar-refractivity contribution in [2.75, 3.05) is 0 Å². The second-order valence-electron chi connectivity index (χ2n) is 7.14. The third-order valence-corrected chi connectivity index (χ3v) is 4.65. The van der Waals surface area contributed by atoms with E-state index in [1.807, 2.05) is 0 Å². The Morgan fingerprint density at radius 2 is 1.00 bits per heavy atom. The third kappa shape index (κ3) is 21.2. The Bertz CT molecular complexity index is 284. The third-order valence-electron chi connectivity index (χ3n) is 4.65. The Labute approximate surface area is 151 Å². The van der Waals surface area contributed by atoms with Crippen LogP contribution in [0.5, 0.6) is 0 Å². The molecule has 0 rings (SSSR count). The molecule has 0 aromatic heterocycles. The molecular weight excluding hydrogens is 296 g/mol. The second kappa shape index (κ2) is 20.3. The van der Waals surface area contributed by atoms with Gasteiger partial charge in [-0.15, -0.1) is 0 Å². The predicted molar refractivity (Wildman–Crippen MR) is 106 cm³/mol. The number of unbranched alkanes of at least 4 members (excludes halogenated alkanes) is 15. The number of hydrogen-bond donors (Lipinski definition) is 1. The average Bonchev–Trinajstić information content (AvgIpc) is 2.56. The highest BCUT2D eigenvalue weighted by Crippen LogP contribution is 2.12. The summed E-state index contributed by atoms with van der Waals surface area (Å²) < 4.78 is 0. The normalized spacial score (nSPS) is 11.4. The molecule has 0 spiro atoms. The first kappa shape index (κ1) is 23.2. The van der Waals surface area contributed by atoms with Gasteiger partial charge >= 0.3 is 5.97 Å². The van der Waals surface area contributed by atoms with E-state index in [1.165, 1.54) is 83.5 Å². The van der Waals surface area contributed by atoms with Gasteiger partial charge in [-0.25, -0.2) is 0 Å². The van der Waals surface area contributed by atoms with Gasteiger partial charge in [-0.1, -0.05) is 96.1 Å². The summed E-state index contributed by atoms with van der Waals surface area (Å²) in [6.07, 6.45) is 27.1. The zero-order chi connectivity index (χ0) is 17.7. The molecule has 0 heterocycles. The Balaban J connectivity index is 3.07. The molecule has 0 aliphatic rings. The van der Waals surface area contributed by atoms with Gasteiger partial charge in [0.1, 0.15) is 0 Å². The molecule has 0 saturated heterocycles. The lowest BCUT2D eigenvalue weighted by atomic mass is 10.1. The Kier molecular flexibility index (Phi) is 19.6. The first-order valence-corrected chi connectivity index (χ1v) is 10.6. The largest absolute Gasteiger partial charge is 0.481 e. The van der Waals surface area contributed by atoms with Crippen molar-refractivity contribution < 1.29 is 9.90 Å². The maximum absolute atomic E-state index is 10.4. The minimum atomic E-state index is -0.665. The molecule has 0 aliphatic heterocycles. The van der Waals surface area contributed by atoms with Crippen LogP contribution in [0.3, 0.4) is 0 Å². The molecule has 0 aromatic rings. The van der Waals surface area contributed by atoms with Crippen LogP contribution in [-0.4, -0.2) is 11.1 Å². The number of aliphatic carboxylic acids is 1. The van der Waals surface area contributed by atoms with E-state index in [4.69, 9.17) is 5.11 Å². The van der Waals surface area contributed by atoms with Crippen LogP contribution in [0.25, 0.3) is 0 Å². The van der Waals surface area contributed by atoms with E-state index in [-0.39, 0.29) is 0 Å². The molecule has 2 nitrogen and oxygen atoms in total. The van der Waals surface area contributed by atoms with Crippen molar-refractivity contribution >= 4 is 5.97 Å². The van der Waals surface area contributed by atoms with Crippen molar-refractivity contribution in [2.24, 2.45) is 0 Å². The van der Waals surface area contributed by atoms with Gasteiger partial charge in [0.05, 0.1) is 0 Å². The first-order chi connectivity index (χ1) is 11.8. The van der Waals surface area contributed by atoms with Gasteiger partial charge < -0.3 is 5.11 Å². The van der Waals surface area contributed by atoms with Gasteiger partial charge in [0.2, 0.25) is 0 Å². The number of hydrogen-bond acceptors (Lipinski definition) is 1. The molecular formula is C22H42O2. The lowest BCUT2D eigenvalue weighted by molar-refractivity contribution is -0.137. The van der Waals surface area contributed by atoms with Gasteiger partial charge in [0.15, 0.2) is 0 Å². The fraction of sp³-hybridized carbons (Fsp3) is 0.864. The summed E-state index contributed by atoms with van der Waals surface area (Å²) in [6, 6.07) is 0. The van der Waals surface area contributed by atoms with E-state index in [0.717, 1.165) is 25.7 Å². The summed E-state index contributed by atoms with van der Waals surface area (Å²) in [7, 11) is 0. The van der Waals surface area contributed by atoms with Gasteiger partial charge in [0, 0.05) is 6.42 Å². The fourth-order valence-electron chi connectivity index (χ4n) is 3.05. The van der Waals surface area contributed by atoms with Crippen LogP contribution in [0.2, 0.25) is 0 Å². The van der Waals surface area contributed by atoms with Crippen LogP contribution < -0.4 is 0 Å². The fourth-order valence-corrected chi connectivity index (χ4v) is 3.05. The molecule has 1 N–H and O–H groups in total. The van der Waals surface area contributed by atoms with Crippen LogP contribution in [0.1, 0.15) is 122 Å². The summed E-state index contributed by atoms with van der Waals surface area (Å²) in [5.41, 5.74) is 0. The van der Waals surface area contributed by atoms with Gasteiger partial charge in [-0.3, -0.25) is 4.79 Å². The number of rotatable bonds is 19. The zero-order valence-corrected chi connectivity index (χ0v) is 16.2. The summed E-state index contributed by atoms with van der Waals surface area (Å²) in [6.45, 7) is 2.28. The average molecular weight is 339 g/mol. The van der Waals surface area contributed by atoms with Crippen molar-refractivity contribution in [1.82, 2.24) is 0 Å². The van der Waals surface area contributed by atoms with Crippen LogP contribution >= 0.6 is 0 Å². The SMILES string of the molecule is CCCCCCCCCCCCC/C=C/CCCCCCC(=O)O. The molecule has 0 saturated carbocycles. The maximum Gasteiger partial charge on any atom is 0.303 e. The summed E-state index contributed by atoms with van der Waals surface area (Å²) in [5.74, 6) is -0.665. The highest BCUT2D eigenvalue weighted by molar-refractivity contribution is 5.66. The number of allylic oxidation sites excluding steroid dienone is 2. The molecule has 2 heteroatoms. The topological polar surface area (TPSA) is 37.3 Å². The molecule has 0 atom stereocenters. The highest BCUT2D eigenvalue weighted by atomic mass is 16.4. The standard InChI is InChI=1S/C22H42O2/c1-2-3-4-5-6-7-8-9-10-11-12-13-14-15-16-17-18-19-20-21-22(23)24/h14-15H,2-13,16-21H2,1H3,(H,23,24)/b15-14+. The van der Waals surface area contributed by atoms with Crippen LogP contribution in [0.4, 0.5) is 0 Å². The molecule has 0 aliphatic carbocycles. The molecule has 0 fully saturated rings. The number of carbonyl (C=O) groups is 1. The molecule has 0 bridgehead atoms. The van der Waals surface area contributed by atoms with Crippen molar-refractivity contribution in [1.29, 1.82) is 0 Å². The van der Waals surface area contributed by atoms with Gasteiger partial charge in [0.25, 0.3) is 0 Å². The molecule has 0 radical (unpaired) electrons. The molecule has 0 unspecified atom stereocenters. The predicted octanol–water partition coefficient (Wildman–Crippen LogP) is 7.67. The molecule has 0 amide bonds. The minimum Gasteiger partial charge on any atom is -0.481 e. The Morgan fingerprint density at radius 3 is 1.42 bits per heavy atom. The summed E-state index contributed by atoms with van der Waals surface area (Å²) >= 11 is 0. The number of carboxylic acids is 1. The van der Waals surface area contributed by atoms with Gasteiger partial charge in [-0.05, 0) is 32.1 Å². The van der Waals surface area contributed by atoms with E-state index >= 15 is 0 Å². The van der Waals surface area contributed by atoms with Gasteiger partial charge in [-0.2, -0.15) is 0 Å². The monoisotopic (exact) mass is 338 g/mol. The summed E-state index contributed by atoms with van der Waals surface area (Å²) in [5, 5.41) is 8.55. The van der Waals surface area contributed by atoms with Crippen molar-refractivity contribution in [3.8, 4) is 0 Å². The second-order valence-corrected chi connectivity index (χ2v) is 7.14. The highest BCUT2D eigenvalue weighted by Gasteiger charge is 1.95. The van der Waals surface area contributed by atoms with Crippen molar-refractivity contribution in [3.05, 3.63) is 12.2 Å². The van der Waals surface area contributed by atoms with E-state index in [2.05, 4.69) is 19.1 Å². The van der Waals surface area contributed by atoms with E-state index in [9.17, 15) is 4.79 Å². The van der Waals surface area contributed by atoms with Crippen LogP contribution in [0, 0.1) is 0 Å². The summed E-state index contributed by atoms with van der Waals surface area (Å²) in [4.78, 5) is 10.4. The molecule has 24 heavy (non-hydrogen) atoms. The van der Waals surface area contributed by atoms with E-state index < -0.39 is 5.97 Å². The maximum atomic E-state index is 10.4. The van der Waals surface area contributed by atoms with Crippen molar-refractivity contribution in [2.45, 2.75) is 122 Å². The smallest absolute Gasteiger partial charge is 0.303 e. The first-order valence-electron chi connectivity index (χ1n) is 10.6. The van der Waals surface area contributed by atoms with Crippen molar-refractivity contribution in [3.63, 3.8) is 0 Å². The minimum absolute atomic E-state index is 0.328. The lowest BCUT2D eigenvalue weighted by Gasteiger charge is -2.01. The lowest BCUT2D eigenvalue weighted by Crippen LogP contribution is -1.93. The molecule has 142 valence electrons. The Hall–Kier alpha value is -0.790. The van der Waals surface area contributed by atoms with E-state index in [1.54, 1.807) is 0 Å². The molecule has 0 aromatic carbocycles.